The molecule has 7 nitrogen and oxygen atoms in total. The van der Waals surface area contributed by atoms with Crippen molar-refractivity contribution in [3.8, 4) is 5.75 Å². The molecule has 0 saturated carbocycles. The smallest absolute Gasteiger partial charge is 0.290 e. The number of methoxy groups -OCH3 is 1. The van der Waals surface area contributed by atoms with Gasteiger partial charge in [0.1, 0.15) is 11.4 Å². The van der Waals surface area contributed by atoms with Gasteiger partial charge in [-0.05, 0) is 29.3 Å². The molecule has 1 aromatic carbocycles. The van der Waals surface area contributed by atoms with Gasteiger partial charge in [-0.2, -0.15) is 0 Å². The van der Waals surface area contributed by atoms with Crippen LogP contribution >= 0.6 is 0 Å². The number of aromatic nitrogens is 2. The summed E-state index contributed by atoms with van der Waals surface area (Å²) in [6, 6.07) is 9.76. The van der Waals surface area contributed by atoms with Gasteiger partial charge < -0.3 is 20.1 Å². The molecule has 0 saturated heterocycles. The second-order valence-electron chi connectivity index (χ2n) is 5.51. The number of nitrogens with zero attached hydrogens (tertiary/aromatic N) is 1. The molecule has 3 N–H and O–H groups in total. The summed E-state index contributed by atoms with van der Waals surface area (Å²) in [5.74, 6) is 0.775. The fraction of sp³-hybridized carbons (Fsp3) is 0.167. The Morgan fingerprint density at radius 1 is 1.32 bits per heavy atom. The molecular weight excluding hydrogens is 322 g/mol. The number of carbonyl (C=O) groups excluding carboxylic acids is 1. The van der Waals surface area contributed by atoms with Gasteiger partial charge >= 0.3 is 0 Å². The number of anilines is 1. The minimum atomic E-state index is -0.250. The number of pyridine rings is 1. The molecule has 0 aliphatic carbocycles. The molecule has 0 bridgehead atoms. The number of hydrogen-bond donors (Lipinski definition) is 3. The molecule has 25 heavy (non-hydrogen) atoms. The molecule has 1 amide bonds. The van der Waals surface area contributed by atoms with Crippen molar-refractivity contribution in [1.29, 1.82) is 0 Å². The van der Waals surface area contributed by atoms with Gasteiger partial charge in [-0.1, -0.05) is 6.07 Å². The highest BCUT2D eigenvalue weighted by molar-refractivity contribution is 5.96. The molecule has 4 rings (SSSR count). The number of amides is 1. The Kier molecular flexibility index (Phi) is 4.65. The summed E-state index contributed by atoms with van der Waals surface area (Å²) in [5, 5.41) is 10.9. The predicted octanol–water partition coefficient (Wildman–Crippen LogP) is 2.75. The second-order valence-corrected chi connectivity index (χ2v) is 5.51. The van der Waals surface area contributed by atoms with Crippen molar-refractivity contribution in [3.05, 3.63) is 53.9 Å². The lowest BCUT2D eigenvalue weighted by Gasteiger charge is -2.26. The van der Waals surface area contributed by atoms with E-state index in [0.717, 1.165) is 33.6 Å². The van der Waals surface area contributed by atoms with Crippen LogP contribution < -0.4 is 10.1 Å². The highest BCUT2D eigenvalue weighted by Gasteiger charge is 2.28. The van der Waals surface area contributed by atoms with Crippen molar-refractivity contribution in [2.75, 3.05) is 12.4 Å². The first kappa shape index (κ1) is 16.5. The topological polar surface area (TPSA) is 104 Å². The van der Waals surface area contributed by atoms with Crippen LogP contribution in [0.15, 0.2) is 42.7 Å². The SMILES string of the molecule is COc1ccc2c(c1)NC(=O)CC2c1c[nH]c2ncccc12.O=CO. The third kappa shape index (κ3) is 3.16. The minimum Gasteiger partial charge on any atom is -0.497 e. The van der Waals surface area contributed by atoms with Crippen molar-refractivity contribution < 1.29 is 19.4 Å². The Morgan fingerprint density at radius 2 is 2.12 bits per heavy atom. The van der Waals surface area contributed by atoms with Crippen LogP contribution in [0.2, 0.25) is 0 Å². The molecular formula is C18H17N3O4. The van der Waals surface area contributed by atoms with Crippen LogP contribution in [0.5, 0.6) is 5.75 Å². The van der Waals surface area contributed by atoms with Gasteiger partial charge in [-0.25, -0.2) is 4.98 Å². The molecule has 1 aliphatic heterocycles. The van der Waals surface area contributed by atoms with E-state index in [9.17, 15) is 4.79 Å². The van der Waals surface area contributed by atoms with Crippen molar-refractivity contribution in [3.63, 3.8) is 0 Å². The molecule has 1 aliphatic rings. The van der Waals surface area contributed by atoms with Gasteiger partial charge in [-0.3, -0.25) is 9.59 Å². The van der Waals surface area contributed by atoms with E-state index in [1.807, 2.05) is 36.5 Å². The number of carbonyl (C=O) groups is 2. The van der Waals surface area contributed by atoms with E-state index in [1.54, 1.807) is 13.3 Å². The number of rotatable bonds is 2. The van der Waals surface area contributed by atoms with Crippen LogP contribution in [0, 0.1) is 0 Å². The summed E-state index contributed by atoms with van der Waals surface area (Å²) in [6.07, 6.45) is 4.14. The number of fused-ring (bicyclic) bond motifs is 2. The third-order valence-corrected chi connectivity index (χ3v) is 4.16. The number of benzene rings is 1. The standard InChI is InChI=1S/C17H15N3O2.CH2O2/c1-22-10-4-5-11-13(8-16(21)20-15(11)7-10)14-9-19-17-12(14)3-2-6-18-17;2-1-3/h2-7,9,13H,8H2,1H3,(H,18,19)(H,20,21);1H,(H,2,3). The van der Waals surface area contributed by atoms with Crippen LogP contribution in [0.1, 0.15) is 23.5 Å². The minimum absolute atomic E-state index is 0.0176. The zero-order valence-corrected chi connectivity index (χ0v) is 13.5. The Hall–Kier alpha value is -3.35. The highest BCUT2D eigenvalue weighted by atomic mass is 16.5. The average Bonchev–Trinajstić information content (AvgIpc) is 3.05. The summed E-state index contributed by atoms with van der Waals surface area (Å²) < 4.78 is 5.24. The molecule has 1 atom stereocenters. The third-order valence-electron chi connectivity index (χ3n) is 4.16. The van der Waals surface area contributed by atoms with E-state index in [1.165, 1.54) is 0 Å². The molecule has 1 unspecified atom stereocenters. The Labute approximate surface area is 143 Å². The van der Waals surface area contributed by atoms with Crippen LogP contribution in [-0.4, -0.2) is 34.6 Å². The second kappa shape index (κ2) is 7.04. The van der Waals surface area contributed by atoms with Gasteiger partial charge in [0.05, 0.1) is 7.11 Å². The van der Waals surface area contributed by atoms with E-state index in [-0.39, 0.29) is 18.3 Å². The number of aromatic amines is 1. The van der Waals surface area contributed by atoms with Crippen molar-refractivity contribution in [2.24, 2.45) is 0 Å². The van der Waals surface area contributed by atoms with Crippen LogP contribution in [0.25, 0.3) is 11.0 Å². The lowest BCUT2D eigenvalue weighted by Crippen LogP contribution is -2.23. The van der Waals surface area contributed by atoms with Crippen molar-refractivity contribution >= 4 is 29.1 Å². The number of hydrogen-bond acceptors (Lipinski definition) is 4. The van der Waals surface area contributed by atoms with E-state index in [2.05, 4.69) is 15.3 Å². The number of carboxylic acid groups (broad SMARTS) is 1. The van der Waals surface area contributed by atoms with E-state index in [0.29, 0.717) is 6.42 Å². The first-order valence-electron chi connectivity index (χ1n) is 7.65. The van der Waals surface area contributed by atoms with Gasteiger partial charge in [0.2, 0.25) is 5.91 Å². The van der Waals surface area contributed by atoms with Gasteiger partial charge in [0, 0.05) is 41.9 Å². The lowest BCUT2D eigenvalue weighted by atomic mass is 9.85. The van der Waals surface area contributed by atoms with Crippen molar-refractivity contribution in [2.45, 2.75) is 12.3 Å². The normalized spacial score (nSPS) is 15.6. The predicted molar refractivity (Wildman–Crippen MR) is 92.9 cm³/mol. The first-order chi connectivity index (χ1) is 12.2. The zero-order chi connectivity index (χ0) is 17.8. The fourth-order valence-corrected chi connectivity index (χ4v) is 3.11. The molecule has 0 spiro atoms. The number of ether oxygens (including phenoxy) is 1. The van der Waals surface area contributed by atoms with E-state index >= 15 is 0 Å². The maximum absolute atomic E-state index is 12.1. The summed E-state index contributed by atoms with van der Waals surface area (Å²) in [5.41, 5.74) is 3.87. The molecule has 0 fully saturated rings. The number of H-pyrrole nitrogens is 1. The Morgan fingerprint density at radius 3 is 2.88 bits per heavy atom. The molecule has 3 aromatic rings. The van der Waals surface area contributed by atoms with Crippen LogP contribution in [0.4, 0.5) is 5.69 Å². The summed E-state index contributed by atoms with van der Waals surface area (Å²) in [7, 11) is 1.62. The molecule has 0 radical (unpaired) electrons. The summed E-state index contributed by atoms with van der Waals surface area (Å²) in [4.78, 5) is 28.0. The van der Waals surface area contributed by atoms with Gasteiger partial charge in [-0.15, -0.1) is 0 Å². The summed E-state index contributed by atoms with van der Waals surface area (Å²) in [6.45, 7) is -0.250. The molecule has 128 valence electrons. The average molecular weight is 339 g/mol. The van der Waals surface area contributed by atoms with Gasteiger partial charge in [0.25, 0.3) is 6.47 Å². The van der Waals surface area contributed by atoms with Crippen LogP contribution in [0.3, 0.4) is 0 Å². The van der Waals surface area contributed by atoms with Crippen LogP contribution in [-0.2, 0) is 9.59 Å². The maximum atomic E-state index is 12.1. The first-order valence-corrected chi connectivity index (χ1v) is 7.65. The highest BCUT2D eigenvalue weighted by Crippen LogP contribution is 2.40. The van der Waals surface area contributed by atoms with E-state index < -0.39 is 0 Å². The molecule has 7 heteroatoms. The van der Waals surface area contributed by atoms with E-state index in [4.69, 9.17) is 14.6 Å². The molecule has 3 heterocycles. The zero-order valence-electron chi connectivity index (χ0n) is 13.5. The fourth-order valence-electron chi connectivity index (χ4n) is 3.11. The largest absolute Gasteiger partial charge is 0.497 e. The monoisotopic (exact) mass is 339 g/mol. The Balaban J connectivity index is 0.000000569. The lowest BCUT2D eigenvalue weighted by molar-refractivity contribution is -0.123. The van der Waals surface area contributed by atoms with Gasteiger partial charge in [0.15, 0.2) is 0 Å². The number of nitrogens with one attached hydrogen (secondary N) is 2. The summed E-state index contributed by atoms with van der Waals surface area (Å²) >= 11 is 0. The Bertz CT molecular complexity index is 920. The van der Waals surface area contributed by atoms with Crippen molar-refractivity contribution in [1.82, 2.24) is 9.97 Å². The quantitative estimate of drug-likeness (QED) is 0.623. The molecule has 2 aromatic heterocycles. The maximum Gasteiger partial charge on any atom is 0.290 e.